The summed E-state index contributed by atoms with van der Waals surface area (Å²) in [4.78, 5) is 0. The van der Waals surface area contributed by atoms with Crippen LogP contribution in [0.1, 0.15) is 0 Å². The quantitative estimate of drug-likeness (QED) is 0.215. The standard InChI is InChI=1S/H5N3.H2O/c1-3-2;/h3H,1-2H2;1H2. The van der Waals surface area contributed by atoms with Crippen LogP contribution in [0.25, 0.3) is 0 Å². The molecule has 0 heterocycles. The molecule has 0 amide bonds. The largest absolute Gasteiger partial charge is 0.412 e. The second-order valence-corrected chi connectivity index (χ2v) is 0.167. The Kier molecular flexibility index (Phi) is 31.2. The maximum atomic E-state index is 4.38. The number of nitrogens with one attached hydrogen (secondary N) is 1. The van der Waals surface area contributed by atoms with Gasteiger partial charge in [-0.2, -0.15) is 5.53 Å². The van der Waals surface area contributed by atoms with Crippen molar-refractivity contribution in [2.45, 2.75) is 0 Å². The molecule has 0 spiro atoms. The molecule has 0 aliphatic rings. The van der Waals surface area contributed by atoms with Crippen molar-refractivity contribution >= 4 is 0 Å². The molecule has 0 aromatic heterocycles. The first kappa shape index (κ1) is 9.15. The van der Waals surface area contributed by atoms with Crippen molar-refractivity contribution in [3.63, 3.8) is 0 Å². The molecule has 0 unspecified atom stereocenters. The maximum absolute atomic E-state index is 4.38. The summed E-state index contributed by atoms with van der Waals surface area (Å²) in [6, 6.07) is 0. The average molecular weight is 65.1 g/mol. The number of hydrazine groups is 2. The molecule has 4 heavy (non-hydrogen) atoms. The van der Waals surface area contributed by atoms with E-state index in [9.17, 15) is 0 Å². The van der Waals surface area contributed by atoms with Gasteiger partial charge in [-0.05, 0) is 0 Å². The molecule has 0 radical (unpaired) electrons. The van der Waals surface area contributed by atoms with Gasteiger partial charge in [-0.1, -0.05) is 0 Å². The van der Waals surface area contributed by atoms with Crippen LogP contribution in [0.5, 0.6) is 0 Å². The fraction of sp³-hybridized carbons (Fsp3) is 0. The predicted octanol–water partition coefficient (Wildman–Crippen LogP) is -2.50. The fourth-order valence-electron chi connectivity index (χ4n) is 0. The van der Waals surface area contributed by atoms with Gasteiger partial charge in [0.1, 0.15) is 0 Å². The van der Waals surface area contributed by atoms with Gasteiger partial charge in [-0.3, -0.25) is 11.7 Å². The molecular formula is H7N3O. The summed E-state index contributed by atoms with van der Waals surface area (Å²) in [5, 5.41) is 0. The molecule has 0 atom stereocenters. The molecule has 0 aromatic rings. The fourth-order valence-corrected chi connectivity index (χ4v) is 0. The Morgan fingerprint density at radius 3 is 1.25 bits per heavy atom. The third kappa shape index (κ3) is 50.7. The van der Waals surface area contributed by atoms with E-state index in [2.05, 4.69) is 11.7 Å². The van der Waals surface area contributed by atoms with Crippen LogP contribution in [0.2, 0.25) is 0 Å². The average Bonchev–Trinajstić information content (AvgIpc) is 0.918. The summed E-state index contributed by atoms with van der Waals surface area (Å²) >= 11 is 0. The van der Waals surface area contributed by atoms with E-state index in [0.29, 0.717) is 0 Å². The van der Waals surface area contributed by atoms with Gasteiger partial charge < -0.3 is 5.48 Å². The van der Waals surface area contributed by atoms with E-state index < -0.39 is 0 Å². The van der Waals surface area contributed by atoms with Crippen LogP contribution in [0.4, 0.5) is 0 Å². The normalized spacial score (nSPS) is 4.50. The lowest BCUT2D eigenvalue weighted by Gasteiger charge is -1.64. The minimum atomic E-state index is 0. The van der Waals surface area contributed by atoms with Crippen LogP contribution < -0.4 is 17.2 Å². The van der Waals surface area contributed by atoms with Crippen molar-refractivity contribution in [3.8, 4) is 0 Å². The zero-order valence-electron chi connectivity index (χ0n) is 2.15. The zero-order valence-corrected chi connectivity index (χ0v) is 2.15. The lowest BCUT2D eigenvalue weighted by atomic mass is 12.6. The highest BCUT2D eigenvalue weighted by molar-refractivity contribution is 3.63. The van der Waals surface area contributed by atoms with Gasteiger partial charge in [0.05, 0.1) is 0 Å². The topological polar surface area (TPSA) is 95.6 Å². The monoisotopic (exact) mass is 65.1 g/mol. The smallest absolute Gasteiger partial charge is 0.200 e. The molecule has 0 saturated carbocycles. The number of rotatable bonds is 0. The summed E-state index contributed by atoms with van der Waals surface area (Å²) in [5.41, 5.74) is 1.75. The van der Waals surface area contributed by atoms with Crippen molar-refractivity contribution in [1.82, 2.24) is 5.53 Å². The molecule has 0 aliphatic heterocycles. The van der Waals surface area contributed by atoms with Crippen LogP contribution in [0, 0.1) is 0 Å². The highest BCUT2D eigenvalue weighted by Gasteiger charge is 1.19. The molecular weight excluding hydrogens is 58.0 g/mol. The van der Waals surface area contributed by atoms with E-state index in [1.807, 2.05) is 0 Å². The van der Waals surface area contributed by atoms with Crippen molar-refractivity contribution in [1.29, 1.82) is 0 Å². The highest BCUT2D eigenvalue weighted by Crippen LogP contribution is 0.559. The van der Waals surface area contributed by atoms with Crippen LogP contribution in [0.15, 0.2) is 0 Å². The Morgan fingerprint density at radius 1 is 1.25 bits per heavy atom. The summed E-state index contributed by atoms with van der Waals surface area (Å²) in [6.45, 7) is 0. The van der Waals surface area contributed by atoms with Crippen LogP contribution in [0.3, 0.4) is 0 Å². The minimum absolute atomic E-state index is 0. The Morgan fingerprint density at radius 2 is 1.25 bits per heavy atom. The molecule has 0 rings (SSSR count). The van der Waals surface area contributed by atoms with Gasteiger partial charge in [-0.15, -0.1) is 0 Å². The number of nitrogens with two attached hydrogens (primary N) is 2. The van der Waals surface area contributed by atoms with Crippen LogP contribution in [-0.4, -0.2) is 5.48 Å². The van der Waals surface area contributed by atoms with Gasteiger partial charge in [0.25, 0.3) is 0 Å². The summed E-state index contributed by atoms with van der Waals surface area (Å²) in [6.07, 6.45) is 0. The first-order valence-corrected chi connectivity index (χ1v) is 0.577. The van der Waals surface area contributed by atoms with Gasteiger partial charge in [0.2, 0.25) is 0 Å². The summed E-state index contributed by atoms with van der Waals surface area (Å²) < 4.78 is 0. The van der Waals surface area contributed by atoms with E-state index in [-0.39, 0.29) is 5.48 Å². The SMILES string of the molecule is NNN.O. The first-order valence-electron chi connectivity index (χ1n) is 0.577. The molecule has 4 heteroatoms. The number of hydrogen-bond donors (Lipinski definition) is 3. The van der Waals surface area contributed by atoms with Crippen molar-refractivity contribution in [2.75, 3.05) is 0 Å². The molecule has 7 N–H and O–H groups in total. The highest BCUT2D eigenvalue weighted by atomic mass is 16.0. The lowest BCUT2D eigenvalue weighted by Crippen LogP contribution is -2.29. The van der Waals surface area contributed by atoms with Gasteiger partial charge >= 0.3 is 0 Å². The Bertz CT molecular complexity index is 3.25. The Labute approximate surface area is 24.0 Å². The lowest BCUT2D eigenvalue weighted by molar-refractivity contribution is 0.803. The van der Waals surface area contributed by atoms with Crippen LogP contribution >= 0.6 is 0 Å². The zero-order chi connectivity index (χ0) is 2.71. The van der Waals surface area contributed by atoms with Gasteiger partial charge in [0.15, 0.2) is 0 Å². The molecule has 28 valence electrons. The molecule has 0 bridgehead atoms. The van der Waals surface area contributed by atoms with Crippen molar-refractivity contribution in [3.05, 3.63) is 0 Å². The van der Waals surface area contributed by atoms with Crippen molar-refractivity contribution in [2.24, 2.45) is 11.7 Å². The van der Waals surface area contributed by atoms with E-state index in [0.717, 1.165) is 0 Å². The second kappa shape index (κ2) is 13.6. The molecule has 0 fully saturated rings. The molecule has 4 nitrogen and oxygen atoms in total. The van der Waals surface area contributed by atoms with E-state index in [1.165, 1.54) is 0 Å². The van der Waals surface area contributed by atoms with E-state index in [1.54, 1.807) is 5.53 Å². The summed E-state index contributed by atoms with van der Waals surface area (Å²) in [5.74, 6) is 8.75. The first-order chi connectivity index (χ1) is 1.41. The second-order valence-electron chi connectivity index (χ2n) is 0.167. The molecule has 0 saturated heterocycles. The third-order valence-electron chi connectivity index (χ3n) is 0. The van der Waals surface area contributed by atoms with Crippen LogP contribution in [-0.2, 0) is 0 Å². The van der Waals surface area contributed by atoms with Gasteiger partial charge in [-0.25, -0.2) is 0 Å². The van der Waals surface area contributed by atoms with E-state index >= 15 is 0 Å². The molecule has 0 aliphatic carbocycles. The van der Waals surface area contributed by atoms with Crippen molar-refractivity contribution < 1.29 is 5.48 Å². The predicted molar refractivity (Wildman–Crippen MR) is 15.1 cm³/mol. The third-order valence-corrected chi connectivity index (χ3v) is 0. The Hall–Kier alpha value is -0.160. The summed E-state index contributed by atoms with van der Waals surface area (Å²) in [7, 11) is 0. The number of hydrogen-bond acceptors (Lipinski definition) is 3. The maximum Gasteiger partial charge on any atom is -0.200 e. The van der Waals surface area contributed by atoms with E-state index in [4.69, 9.17) is 0 Å². The minimum Gasteiger partial charge on any atom is -0.412 e. The molecule has 0 aromatic carbocycles. The van der Waals surface area contributed by atoms with Gasteiger partial charge in [0, 0.05) is 0 Å². The Balaban J connectivity index is 0.